The molecule has 0 saturated heterocycles. The zero-order valence-electron chi connectivity index (χ0n) is 9.04. The smallest absolute Gasteiger partial charge is 0.256 e. The van der Waals surface area contributed by atoms with Gasteiger partial charge in [0.25, 0.3) is 5.91 Å². The minimum atomic E-state index is -0.106. The minimum absolute atomic E-state index is 0.106. The van der Waals surface area contributed by atoms with Gasteiger partial charge in [-0.15, -0.1) is 0 Å². The number of nitrogens with one attached hydrogen (secondary N) is 1. The van der Waals surface area contributed by atoms with E-state index in [1.54, 1.807) is 12.5 Å². The molecule has 0 fully saturated rings. The number of amides is 1. The largest absolute Gasteiger partial charge is 0.472 e. The van der Waals surface area contributed by atoms with Gasteiger partial charge in [0.05, 0.1) is 18.2 Å². The molecule has 3 rings (SSSR count). The highest BCUT2D eigenvalue weighted by Gasteiger charge is 2.26. The molecule has 1 N–H and O–H groups in total. The van der Waals surface area contributed by atoms with Crippen molar-refractivity contribution in [3.63, 3.8) is 0 Å². The fourth-order valence-electron chi connectivity index (χ4n) is 1.88. The second-order valence-electron chi connectivity index (χ2n) is 3.88. The Labute approximate surface area is 120 Å². The maximum absolute atomic E-state index is 12.0. The number of carbonyl (C=O) groups is 1. The molecule has 0 unspecified atom stereocenters. The molecule has 1 aliphatic heterocycles. The SMILES string of the molecule is O=C1Nc2c(Br)cc(Br)cc2C1=Cc1ccoc1. The van der Waals surface area contributed by atoms with Gasteiger partial charge in [-0.1, -0.05) is 15.9 Å². The molecule has 2 aromatic rings. The molecule has 0 radical (unpaired) electrons. The second kappa shape index (κ2) is 4.40. The zero-order chi connectivity index (χ0) is 12.7. The predicted octanol–water partition coefficient (Wildman–Crippen LogP) is 4.30. The molecule has 0 atom stereocenters. The average molecular weight is 369 g/mol. The molecule has 1 aliphatic rings. The van der Waals surface area contributed by atoms with Crippen LogP contribution in [-0.2, 0) is 4.79 Å². The van der Waals surface area contributed by atoms with Gasteiger partial charge < -0.3 is 9.73 Å². The van der Waals surface area contributed by atoms with E-state index in [1.807, 2.05) is 24.3 Å². The predicted molar refractivity (Wildman–Crippen MR) is 77.1 cm³/mol. The maximum atomic E-state index is 12.0. The Hall–Kier alpha value is -1.33. The first-order chi connectivity index (χ1) is 8.65. The van der Waals surface area contributed by atoms with Gasteiger partial charge in [-0.2, -0.15) is 0 Å². The van der Waals surface area contributed by atoms with Crippen LogP contribution in [0.15, 0.2) is 44.1 Å². The van der Waals surface area contributed by atoms with E-state index >= 15 is 0 Å². The van der Waals surface area contributed by atoms with E-state index in [0.717, 1.165) is 25.8 Å². The molecule has 1 aromatic heterocycles. The van der Waals surface area contributed by atoms with Crippen LogP contribution in [0, 0.1) is 0 Å². The molecular weight excluding hydrogens is 362 g/mol. The highest BCUT2D eigenvalue weighted by atomic mass is 79.9. The van der Waals surface area contributed by atoms with Crippen molar-refractivity contribution in [2.45, 2.75) is 0 Å². The molecule has 90 valence electrons. The molecule has 0 bridgehead atoms. The number of halogens is 2. The Kier molecular flexibility index (Phi) is 2.87. The number of benzene rings is 1. The lowest BCUT2D eigenvalue weighted by molar-refractivity contribution is -0.110. The van der Waals surface area contributed by atoms with Crippen molar-refractivity contribution in [1.29, 1.82) is 0 Å². The van der Waals surface area contributed by atoms with Crippen molar-refractivity contribution in [2.75, 3.05) is 5.32 Å². The molecule has 0 saturated carbocycles. The summed E-state index contributed by atoms with van der Waals surface area (Å²) in [5.74, 6) is -0.106. The van der Waals surface area contributed by atoms with E-state index in [4.69, 9.17) is 4.42 Å². The minimum Gasteiger partial charge on any atom is -0.472 e. The summed E-state index contributed by atoms with van der Waals surface area (Å²) in [6, 6.07) is 5.63. The van der Waals surface area contributed by atoms with Crippen LogP contribution in [0.5, 0.6) is 0 Å². The van der Waals surface area contributed by atoms with Crippen LogP contribution in [-0.4, -0.2) is 5.91 Å². The van der Waals surface area contributed by atoms with Crippen LogP contribution in [0.3, 0.4) is 0 Å². The highest BCUT2D eigenvalue weighted by Crippen LogP contribution is 2.40. The summed E-state index contributed by atoms with van der Waals surface area (Å²) >= 11 is 6.87. The lowest BCUT2D eigenvalue weighted by Gasteiger charge is -2.02. The number of hydrogen-bond donors (Lipinski definition) is 1. The van der Waals surface area contributed by atoms with Crippen molar-refractivity contribution in [3.8, 4) is 0 Å². The van der Waals surface area contributed by atoms with E-state index in [1.165, 1.54) is 0 Å². The number of fused-ring (bicyclic) bond motifs is 1. The molecule has 1 amide bonds. The Morgan fingerprint density at radius 1 is 1.28 bits per heavy atom. The molecular formula is C13H7Br2NO2. The normalized spacial score (nSPS) is 15.9. The van der Waals surface area contributed by atoms with Crippen LogP contribution in [0.25, 0.3) is 11.6 Å². The number of rotatable bonds is 1. The number of carbonyl (C=O) groups excluding carboxylic acids is 1. The third-order valence-electron chi connectivity index (χ3n) is 2.68. The van der Waals surface area contributed by atoms with Gasteiger partial charge in [-0.3, -0.25) is 4.79 Å². The Balaban J connectivity index is 2.18. The van der Waals surface area contributed by atoms with Crippen molar-refractivity contribution < 1.29 is 9.21 Å². The van der Waals surface area contributed by atoms with E-state index in [2.05, 4.69) is 37.2 Å². The third kappa shape index (κ3) is 1.93. The van der Waals surface area contributed by atoms with Crippen LogP contribution in [0.2, 0.25) is 0 Å². The number of furan rings is 1. The standard InChI is InChI=1S/C13H7Br2NO2/c14-8-4-9-10(3-7-1-2-18-6-7)13(17)16-12(9)11(15)5-8/h1-6H,(H,16,17). The number of hydrogen-bond acceptors (Lipinski definition) is 2. The third-order valence-corrected chi connectivity index (χ3v) is 3.77. The first-order valence-corrected chi connectivity index (χ1v) is 6.78. The van der Waals surface area contributed by atoms with Gasteiger partial charge in [-0.05, 0) is 40.2 Å². The lowest BCUT2D eigenvalue weighted by atomic mass is 10.1. The van der Waals surface area contributed by atoms with Crippen LogP contribution >= 0.6 is 31.9 Å². The van der Waals surface area contributed by atoms with Crippen molar-refractivity contribution in [1.82, 2.24) is 0 Å². The fourth-order valence-corrected chi connectivity index (χ4v) is 3.21. The van der Waals surface area contributed by atoms with E-state index in [-0.39, 0.29) is 5.91 Å². The average Bonchev–Trinajstić information content (AvgIpc) is 2.91. The van der Waals surface area contributed by atoms with Crippen molar-refractivity contribution in [2.24, 2.45) is 0 Å². The molecule has 5 heteroatoms. The van der Waals surface area contributed by atoms with Gasteiger partial charge >= 0.3 is 0 Å². The van der Waals surface area contributed by atoms with Gasteiger partial charge in [0.15, 0.2) is 0 Å². The van der Waals surface area contributed by atoms with E-state index < -0.39 is 0 Å². The summed E-state index contributed by atoms with van der Waals surface area (Å²) in [6.45, 7) is 0. The second-order valence-corrected chi connectivity index (χ2v) is 5.65. The van der Waals surface area contributed by atoms with Crippen molar-refractivity contribution in [3.05, 3.63) is 50.8 Å². The fraction of sp³-hybridized carbons (Fsp3) is 0. The van der Waals surface area contributed by atoms with E-state index in [0.29, 0.717) is 5.57 Å². The summed E-state index contributed by atoms with van der Waals surface area (Å²) in [5, 5.41) is 2.85. The van der Waals surface area contributed by atoms with Crippen LogP contribution in [0.1, 0.15) is 11.1 Å². The van der Waals surface area contributed by atoms with Crippen molar-refractivity contribution >= 4 is 55.1 Å². The monoisotopic (exact) mass is 367 g/mol. The van der Waals surface area contributed by atoms with Crippen LogP contribution in [0.4, 0.5) is 5.69 Å². The summed E-state index contributed by atoms with van der Waals surface area (Å²) in [6.07, 6.45) is 4.99. The topological polar surface area (TPSA) is 42.2 Å². The Bertz CT molecular complexity index is 660. The van der Waals surface area contributed by atoms with Gasteiger partial charge in [0.2, 0.25) is 0 Å². The Morgan fingerprint density at radius 2 is 2.11 bits per heavy atom. The zero-order valence-corrected chi connectivity index (χ0v) is 12.2. The molecule has 3 nitrogen and oxygen atoms in total. The van der Waals surface area contributed by atoms with Gasteiger partial charge in [0.1, 0.15) is 0 Å². The molecule has 0 spiro atoms. The molecule has 1 aromatic carbocycles. The molecule has 2 heterocycles. The summed E-state index contributed by atoms with van der Waals surface area (Å²) < 4.78 is 6.78. The number of anilines is 1. The Morgan fingerprint density at radius 3 is 2.83 bits per heavy atom. The summed E-state index contributed by atoms with van der Waals surface area (Å²) in [7, 11) is 0. The summed E-state index contributed by atoms with van der Waals surface area (Å²) in [5.41, 5.74) is 3.18. The quantitative estimate of drug-likeness (QED) is 0.762. The summed E-state index contributed by atoms with van der Waals surface area (Å²) in [4.78, 5) is 12.0. The first kappa shape index (κ1) is 11.7. The molecule has 18 heavy (non-hydrogen) atoms. The molecule has 0 aliphatic carbocycles. The first-order valence-electron chi connectivity index (χ1n) is 5.20. The highest BCUT2D eigenvalue weighted by molar-refractivity contribution is 9.11. The van der Waals surface area contributed by atoms with Gasteiger partial charge in [-0.25, -0.2) is 0 Å². The maximum Gasteiger partial charge on any atom is 0.256 e. The lowest BCUT2D eigenvalue weighted by Crippen LogP contribution is -2.03. The van der Waals surface area contributed by atoms with Gasteiger partial charge in [0, 0.05) is 25.6 Å². The van der Waals surface area contributed by atoms with E-state index in [9.17, 15) is 4.79 Å². The van der Waals surface area contributed by atoms with Crippen LogP contribution < -0.4 is 5.32 Å².